The molecule has 0 saturated carbocycles. The topological polar surface area (TPSA) is 67.6 Å². The lowest BCUT2D eigenvalue weighted by atomic mass is 10.1. The van der Waals surface area contributed by atoms with Crippen molar-refractivity contribution in [3.05, 3.63) is 52.5 Å². The molecule has 0 atom stereocenters. The Labute approximate surface area is 146 Å². The summed E-state index contributed by atoms with van der Waals surface area (Å²) in [6.45, 7) is 4.74. The predicted molar refractivity (Wildman–Crippen MR) is 98.0 cm³/mol. The van der Waals surface area contributed by atoms with Crippen LogP contribution in [0.4, 0.5) is 17.1 Å². The number of nitrogens with zero attached hydrogens (tertiary/aromatic N) is 1. The molecular formula is C18H20ClN3O2. The van der Waals surface area contributed by atoms with Crippen molar-refractivity contribution < 1.29 is 9.53 Å². The van der Waals surface area contributed by atoms with E-state index in [2.05, 4.69) is 10.2 Å². The van der Waals surface area contributed by atoms with Gasteiger partial charge in [0.2, 0.25) is 0 Å². The predicted octanol–water partition coefficient (Wildman–Crippen LogP) is 3.32. The second-order valence-corrected chi connectivity index (χ2v) is 6.17. The van der Waals surface area contributed by atoms with Crippen LogP contribution in [0.2, 0.25) is 5.02 Å². The molecular weight excluding hydrogens is 326 g/mol. The summed E-state index contributed by atoms with van der Waals surface area (Å²) in [5.41, 5.74) is 9.66. The number of amides is 1. The van der Waals surface area contributed by atoms with E-state index in [4.69, 9.17) is 22.1 Å². The van der Waals surface area contributed by atoms with E-state index in [9.17, 15) is 4.79 Å². The van der Waals surface area contributed by atoms with Gasteiger partial charge in [-0.1, -0.05) is 29.8 Å². The zero-order valence-electron chi connectivity index (χ0n) is 13.5. The van der Waals surface area contributed by atoms with Gasteiger partial charge in [0.05, 0.1) is 35.3 Å². The fourth-order valence-electron chi connectivity index (χ4n) is 2.77. The number of benzene rings is 2. The Kier molecular flexibility index (Phi) is 4.92. The first-order valence-corrected chi connectivity index (χ1v) is 8.23. The van der Waals surface area contributed by atoms with E-state index in [1.807, 2.05) is 31.2 Å². The van der Waals surface area contributed by atoms with Gasteiger partial charge in [-0.3, -0.25) is 4.79 Å². The molecule has 3 rings (SSSR count). The van der Waals surface area contributed by atoms with Gasteiger partial charge in [0.1, 0.15) is 0 Å². The number of hydrogen-bond donors (Lipinski definition) is 2. The van der Waals surface area contributed by atoms with E-state index >= 15 is 0 Å². The SMILES string of the molecule is Cc1ccccc1C(=O)Nc1cc(N2CCOCC2)c(N)cc1Cl. The monoisotopic (exact) mass is 345 g/mol. The maximum absolute atomic E-state index is 12.5. The van der Waals surface area contributed by atoms with E-state index in [-0.39, 0.29) is 5.91 Å². The van der Waals surface area contributed by atoms with Crippen LogP contribution < -0.4 is 16.0 Å². The van der Waals surface area contributed by atoms with Crippen molar-refractivity contribution in [2.75, 3.05) is 42.3 Å². The van der Waals surface area contributed by atoms with E-state index < -0.39 is 0 Å². The first-order chi connectivity index (χ1) is 11.6. The van der Waals surface area contributed by atoms with Crippen LogP contribution in [-0.2, 0) is 4.74 Å². The lowest BCUT2D eigenvalue weighted by Gasteiger charge is -2.30. The van der Waals surface area contributed by atoms with Gasteiger partial charge in [0.15, 0.2) is 0 Å². The Morgan fingerprint density at radius 1 is 1.25 bits per heavy atom. The fourth-order valence-corrected chi connectivity index (χ4v) is 2.99. The number of nitrogens with one attached hydrogen (secondary N) is 1. The number of rotatable bonds is 3. The van der Waals surface area contributed by atoms with E-state index in [1.54, 1.807) is 12.1 Å². The number of hydrogen-bond acceptors (Lipinski definition) is 4. The van der Waals surface area contributed by atoms with Crippen molar-refractivity contribution in [2.24, 2.45) is 0 Å². The van der Waals surface area contributed by atoms with Crippen molar-refractivity contribution in [1.82, 2.24) is 0 Å². The molecule has 5 nitrogen and oxygen atoms in total. The number of nitrogens with two attached hydrogens (primary N) is 1. The molecule has 0 bridgehead atoms. The molecule has 0 spiro atoms. The van der Waals surface area contributed by atoms with Crippen LogP contribution >= 0.6 is 11.6 Å². The smallest absolute Gasteiger partial charge is 0.255 e. The number of morpholine rings is 1. The third-order valence-corrected chi connectivity index (χ3v) is 4.42. The maximum atomic E-state index is 12.5. The molecule has 1 aliphatic rings. The van der Waals surface area contributed by atoms with Gasteiger partial charge >= 0.3 is 0 Å². The standard InChI is InChI=1S/C18H20ClN3O2/c1-12-4-2-3-5-13(12)18(23)21-16-11-17(15(20)10-14(16)19)22-6-8-24-9-7-22/h2-5,10-11H,6-9,20H2,1H3,(H,21,23). The number of aryl methyl sites for hydroxylation is 1. The molecule has 1 aliphatic heterocycles. The van der Waals surface area contributed by atoms with E-state index in [0.717, 1.165) is 24.3 Å². The van der Waals surface area contributed by atoms with Gasteiger partial charge in [0.25, 0.3) is 5.91 Å². The lowest BCUT2D eigenvalue weighted by molar-refractivity contribution is 0.102. The van der Waals surface area contributed by atoms with E-state index in [0.29, 0.717) is 35.2 Å². The zero-order valence-corrected chi connectivity index (χ0v) is 14.3. The highest BCUT2D eigenvalue weighted by Gasteiger charge is 2.17. The molecule has 2 aromatic carbocycles. The molecule has 24 heavy (non-hydrogen) atoms. The molecule has 126 valence electrons. The summed E-state index contributed by atoms with van der Waals surface area (Å²) >= 11 is 6.27. The Bertz CT molecular complexity index is 758. The normalized spacial score (nSPS) is 14.5. The van der Waals surface area contributed by atoms with Crippen molar-refractivity contribution in [3.63, 3.8) is 0 Å². The molecule has 1 amide bonds. The molecule has 0 aromatic heterocycles. The number of anilines is 3. The van der Waals surface area contributed by atoms with Gasteiger partial charge in [-0.15, -0.1) is 0 Å². The lowest BCUT2D eigenvalue weighted by Crippen LogP contribution is -2.36. The fraction of sp³-hybridized carbons (Fsp3) is 0.278. The first kappa shape index (κ1) is 16.6. The van der Waals surface area contributed by atoms with Crippen molar-refractivity contribution in [1.29, 1.82) is 0 Å². The summed E-state index contributed by atoms with van der Waals surface area (Å²) in [7, 11) is 0. The molecule has 1 heterocycles. The first-order valence-electron chi connectivity index (χ1n) is 7.85. The van der Waals surface area contributed by atoms with Crippen LogP contribution in [-0.4, -0.2) is 32.2 Å². The molecule has 0 aliphatic carbocycles. The Morgan fingerprint density at radius 2 is 1.96 bits per heavy atom. The molecule has 2 aromatic rings. The van der Waals surface area contributed by atoms with Gasteiger partial charge in [0, 0.05) is 18.7 Å². The number of carbonyl (C=O) groups is 1. The number of halogens is 1. The molecule has 3 N–H and O–H groups in total. The van der Waals surface area contributed by atoms with Crippen LogP contribution in [0.5, 0.6) is 0 Å². The third-order valence-electron chi connectivity index (χ3n) is 4.11. The summed E-state index contributed by atoms with van der Waals surface area (Å²) in [5, 5.41) is 3.31. The number of carbonyl (C=O) groups excluding carboxylic acids is 1. The Balaban J connectivity index is 1.87. The Morgan fingerprint density at radius 3 is 2.67 bits per heavy atom. The van der Waals surface area contributed by atoms with Gasteiger partial charge in [-0.25, -0.2) is 0 Å². The summed E-state index contributed by atoms with van der Waals surface area (Å²) in [5.74, 6) is -0.187. The van der Waals surface area contributed by atoms with Crippen LogP contribution in [0, 0.1) is 6.92 Å². The highest BCUT2D eigenvalue weighted by molar-refractivity contribution is 6.34. The molecule has 1 saturated heterocycles. The minimum atomic E-state index is -0.187. The van der Waals surface area contributed by atoms with Gasteiger partial charge in [-0.05, 0) is 30.7 Å². The van der Waals surface area contributed by atoms with Gasteiger partial charge in [-0.2, -0.15) is 0 Å². The third kappa shape index (κ3) is 3.47. The van der Waals surface area contributed by atoms with Gasteiger partial charge < -0.3 is 20.7 Å². The number of nitrogen functional groups attached to an aromatic ring is 1. The molecule has 0 radical (unpaired) electrons. The minimum Gasteiger partial charge on any atom is -0.397 e. The minimum absolute atomic E-state index is 0.187. The Hall–Kier alpha value is -2.24. The second-order valence-electron chi connectivity index (χ2n) is 5.76. The highest BCUT2D eigenvalue weighted by Crippen LogP contribution is 2.34. The quantitative estimate of drug-likeness (QED) is 0.837. The maximum Gasteiger partial charge on any atom is 0.255 e. The molecule has 0 unspecified atom stereocenters. The molecule has 1 fully saturated rings. The van der Waals surface area contributed by atoms with Crippen LogP contribution in [0.25, 0.3) is 0 Å². The summed E-state index contributed by atoms with van der Waals surface area (Å²) in [6, 6.07) is 10.9. The average molecular weight is 346 g/mol. The zero-order chi connectivity index (χ0) is 17.1. The summed E-state index contributed by atoms with van der Waals surface area (Å²) in [6.07, 6.45) is 0. The van der Waals surface area contributed by atoms with Crippen molar-refractivity contribution in [2.45, 2.75) is 6.92 Å². The van der Waals surface area contributed by atoms with Crippen molar-refractivity contribution in [3.8, 4) is 0 Å². The highest BCUT2D eigenvalue weighted by atomic mass is 35.5. The largest absolute Gasteiger partial charge is 0.397 e. The summed E-state index contributed by atoms with van der Waals surface area (Å²) in [4.78, 5) is 14.7. The second kappa shape index (κ2) is 7.11. The van der Waals surface area contributed by atoms with Crippen LogP contribution in [0.15, 0.2) is 36.4 Å². The van der Waals surface area contributed by atoms with Crippen LogP contribution in [0.1, 0.15) is 15.9 Å². The molecule has 6 heteroatoms. The number of ether oxygens (including phenoxy) is 1. The average Bonchev–Trinajstić information content (AvgIpc) is 2.58. The van der Waals surface area contributed by atoms with E-state index in [1.165, 1.54) is 0 Å². The van der Waals surface area contributed by atoms with Crippen LogP contribution in [0.3, 0.4) is 0 Å². The van der Waals surface area contributed by atoms with Crippen molar-refractivity contribution >= 4 is 34.6 Å². The summed E-state index contributed by atoms with van der Waals surface area (Å²) < 4.78 is 5.37.